The smallest absolute Gasteiger partial charge is 0.242 e. The third kappa shape index (κ3) is 12.3. The molecule has 0 aliphatic carbocycles. The molecule has 0 aliphatic rings. The van der Waals surface area contributed by atoms with Gasteiger partial charge >= 0.3 is 0 Å². The molecular weight excluding hydrogens is 316 g/mol. The summed E-state index contributed by atoms with van der Waals surface area (Å²) in [5, 5.41) is 7.30. The Kier molecular flexibility index (Phi) is 13.2. The quantitative estimate of drug-likeness (QED) is 0.400. The second kappa shape index (κ2) is 13.2. The van der Waals surface area contributed by atoms with E-state index in [1.165, 1.54) is 13.8 Å². The summed E-state index contributed by atoms with van der Waals surface area (Å²) in [5.41, 5.74) is 5.31. The zero-order valence-corrected chi connectivity index (χ0v) is 14.8. The molecule has 0 saturated heterocycles. The molecule has 5 N–H and O–H groups in total. The van der Waals surface area contributed by atoms with Crippen molar-refractivity contribution in [2.24, 2.45) is 5.73 Å². The number of carbonyl (C=O) groups is 5. The van der Waals surface area contributed by atoms with E-state index in [2.05, 4.69) is 16.0 Å². The number of aldehydes is 2. The first-order valence-corrected chi connectivity index (χ1v) is 7.65. The van der Waals surface area contributed by atoms with Crippen LogP contribution in [0, 0.1) is 0 Å². The lowest BCUT2D eigenvalue weighted by atomic mass is 10.2. The highest BCUT2D eigenvalue weighted by atomic mass is 16.2. The first-order chi connectivity index (χ1) is 11.1. The highest BCUT2D eigenvalue weighted by Gasteiger charge is 2.18. The Morgan fingerprint density at radius 1 is 0.875 bits per heavy atom. The molecule has 24 heavy (non-hydrogen) atoms. The molecule has 138 valence electrons. The molecule has 9 heteroatoms. The van der Waals surface area contributed by atoms with Crippen LogP contribution in [0.15, 0.2) is 0 Å². The zero-order chi connectivity index (χ0) is 19.3. The summed E-state index contributed by atoms with van der Waals surface area (Å²) in [4.78, 5) is 53.2. The van der Waals surface area contributed by atoms with Gasteiger partial charge in [-0.1, -0.05) is 6.92 Å². The molecule has 0 aromatic heterocycles. The van der Waals surface area contributed by atoms with Crippen molar-refractivity contribution in [3.05, 3.63) is 0 Å². The summed E-state index contributed by atoms with van der Waals surface area (Å²) >= 11 is 0. The van der Waals surface area contributed by atoms with Crippen LogP contribution in [0.2, 0.25) is 0 Å². The van der Waals surface area contributed by atoms with E-state index >= 15 is 0 Å². The van der Waals surface area contributed by atoms with Crippen LogP contribution < -0.4 is 21.7 Å². The number of hydrogen-bond acceptors (Lipinski definition) is 6. The maximum absolute atomic E-state index is 11.3. The maximum Gasteiger partial charge on any atom is 0.242 e. The largest absolute Gasteiger partial charge is 0.347 e. The molecular formula is C15H28N4O5. The van der Waals surface area contributed by atoms with Crippen molar-refractivity contribution in [3.63, 3.8) is 0 Å². The van der Waals surface area contributed by atoms with E-state index in [-0.39, 0.29) is 11.9 Å². The minimum atomic E-state index is -0.703. The summed E-state index contributed by atoms with van der Waals surface area (Å²) < 4.78 is 0. The van der Waals surface area contributed by atoms with Gasteiger partial charge in [0.1, 0.15) is 18.6 Å². The number of amides is 3. The fourth-order valence-corrected chi connectivity index (χ4v) is 1.18. The predicted molar refractivity (Wildman–Crippen MR) is 88.9 cm³/mol. The SMILES string of the molecule is CCC(=O)N[C@@H](C)C=O.C[C@H](N)C(=O)N[C@@H](C)C(=O)N[C@@H](C)C=O. The molecule has 0 spiro atoms. The third-order valence-corrected chi connectivity index (χ3v) is 2.65. The van der Waals surface area contributed by atoms with Crippen LogP contribution in [0.1, 0.15) is 41.0 Å². The average molecular weight is 344 g/mol. The van der Waals surface area contributed by atoms with Gasteiger partial charge in [0.15, 0.2) is 0 Å². The van der Waals surface area contributed by atoms with Crippen molar-refractivity contribution >= 4 is 30.3 Å². The average Bonchev–Trinajstić information content (AvgIpc) is 2.54. The third-order valence-electron chi connectivity index (χ3n) is 2.65. The number of nitrogens with one attached hydrogen (secondary N) is 3. The van der Waals surface area contributed by atoms with E-state index in [1.54, 1.807) is 20.8 Å². The molecule has 0 radical (unpaired) electrons. The van der Waals surface area contributed by atoms with Gasteiger partial charge in [-0.15, -0.1) is 0 Å². The van der Waals surface area contributed by atoms with Gasteiger partial charge in [-0.25, -0.2) is 0 Å². The summed E-state index contributed by atoms with van der Waals surface area (Å²) in [5.74, 6) is -0.908. The highest BCUT2D eigenvalue weighted by Crippen LogP contribution is 1.86. The summed E-state index contributed by atoms with van der Waals surface area (Å²) in [6, 6.07) is -2.28. The molecule has 0 heterocycles. The lowest BCUT2D eigenvalue weighted by Gasteiger charge is -2.16. The van der Waals surface area contributed by atoms with E-state index in [9.17, 15) is 24.0 Å². The van der Waals surface area contributed by atoms with Gasteiger partial charge in [-0.05, 0) is 27.7 Å². The molecule has 4 atom stereocenters. The Morgan fingerprint density at radius 3 is 1.71 bits per heavy atom. The number of hydrogen-bond donors (Lipinski definition) is 4. The lowest BCUT2D eigenvalue weighted by Crippen LogP contribution is -2.51. The molecule has 0 aromatic carbocycles. The van der Waals surface area contributed by atoms with Crippen LogP contribution in [0.25, 0.3) is 0 Å². The van der Waals surface area contributed by atoms with Crippen LogP contribution in [0.4, 0.5) is 0 Å². The Labute approximate surface area is 142 Å². The minimum absolute atomic E-state index is 0.0883. The van der Waals surface area contributed by atoms with Gasteiger partial charge in [0, 0.05) is 6.42 Å². The summed E-state index contributed by atoms with van der Waals surface area (Å²) in [7, 11) is 0. The molecule has 0 aliphatic heterocycles. The Hall–Kier alpha value is -2.29. The zero-order valence-electron chi connectivity index (χ0n) is 14.8. The van der Waals surface area contributed by atoms with Gasteiger partial charge in [0.05, 0.1) is 18.1 Å². The van der Waals surface area contributed by atoms with Gasteiger partial charge in [-0.3, -0.25) is 14.4 Å². The normalized spacial score (nSPS) is 14.6. The van der Waals surface area contributed by atoms with Crippen molar-refractivity contribution in [1.29, 1.82) is 0 Å². The van der Waals surface area contributed by atoms with Crippen molar-refractivity contribution in [2.45, 2.75) is 65.2 Å². The van der Waals surface area contributed by atoms with Gasteiger partial charge in [0.25, 0.3) is 0 Å². The van der Waals surface area contributed by atoms with E-state index in [1.807, 2.05) is 0 Å². The van der Waals surface area contributed by atoms with Crippen LogP contribution >= 0.6 is 0 Å². The molecule has 3 amide bonds. The molecule has 0 aromatic rings. The van der Waals surface area contributed by atoms with Crippen molar-refractivity contribution in [3.8, 4) is 0 Å². The van der Waals surface area contributed by atoms with Crippen LogP contribution in [0.5, 0.6) is 0 Å². The van der Waals surface area contributed by atoms with Crippen LogP contribution in [0.3, 0.4) is 0 Å². The van der Waals surface area contributed by atoms with Gasteiger partial charge < -0.3 is 31.3 Å². The van der Waals surface area contributed by atoms with Crippen molar-refractivity contribution in [1.82, 2.24) is 16.0 Å². The van der Waals surface area contributed by atoms with Crippen molar-refractivity contribution < 1.29 is 24.0 Å². The van der Waals surface area contributed by atoms with E-state index in [0.717, 1.165) is 0 Å². The standard InChI is InChI=1S/C9H17N3O3.C6H11NO2/c1-5(4-13)11-9(15)7(3)12-8(14)6(2)10;1-3-6(9)7-5(2)4-8/h4-7H,10H2,1-3H3,(H,11,15)(H,12,14);4-5H,3H2,1-2H3,(H,7,9)/t5-,6-,7-;5-/m00/s1. The molecule has 9 nitrogen and oxygen atoms in total. The summed E-state index contributed by atoms with van der Waals surface area (Å²) in [6.07, 6.45) is 1.74. The number of rotatable bonds is 8. The Bertz CT molecular complexity index is 440. The minimum Gasteiger partial charge on any atom is -0.347 e. The molecule has 0 saturated carbocycles. The Morgan fingerprint density at radius 2 is 1.33 bits per heavy atom. The lowest BCUT2D eigenvalue weighted by molar-refractivity contribution is -0.129. The highest BCUT2D eigenvalue weighted by molar-refractivity contribution is 5.90. The molecule has 0 fully saturated rings. The fraction of sp³-hybridized carbons (Fsp3) is 0.667. The van der Waals surface area contributed by atoms with Gasteiger partial charge in [-0.2, -0.15) is 0 Å². The second-order valence-corrected chi connectivity index (χ2v) is 5.30. The van der Waals surface area contributed by atoms with E-state index in [4.69, 9.17) is 5.73 Å². The molecule has 0 bridgehead atoms. The number of nitrogens with two attached hydrogens (primary N) is 1. The monoisotopic (exact) mass is 344 g/mol. The predicted octanol–water partition coefficient (Wildman–Crippen LogP) is -1.36. The Balaban J connectivity index is 0. The maximum atomic E-state index is 11.3. The summed E-state index contributed by atoms with van der Waals surface area (Å²) in [6.45, 7) is 7.97. The van der Waals surface area contributed by atoms with Gasteiger partial charge in [0.2, 0.25) is 17.7 Å². The topological polar surface area (TPSA) is 147 Å². The van der Waals surface area contributed by atoms with E-state index < -0.39 is 29.9 Å². The number of carbonyl (C=O) groups excluding carboxylic acids is 5. The van der Waals surface area contributed by atoms with Crippen molar-refractivity contribution in [2.75, 3.05) is 0 Å². The van der Waals surface area contributed by atoms with E-state index in [0.29, 0.717) is 19.0 Å². The second-order valence-electron chi connectivity index (χ2n) is 5.30. The van der Waals surface area contributed by atoms with Crippen LogP contribution in [-0.2, 0) is 24.0 Å². The molecule has 0 rings (SSSR count). The van der Waals surface area contributed by atoms with Crippen LogP contribution in [-0.4, -0.2) is 54.5 Å². The first-order valence-electron chi connectivity index (χ1n) is 7.65. The molecule has 0 unspecified atom stereocenters. The first kappa shape index (κ1) is 24.0. The fourth-order valence-electron chi connectivity index (χ4n) is 1.18.